The van der Waals surface area contributed by atoms with Crippen LogP contribution in [0.15, 0.2) is 6.20 Å². The summed E-state index contributed by atoms with van der Waals surface area (Å²) in [6.07, 6.45) is 7.19. The van der Waals surface area contributed by atoms with Crippen LogP contribution in [0.5, 0.6) is 0 Å². The minimum atomic E-state index is -0.473. The Morgan fingerprint density at radius 1 is 1.53 bits per heavy atom. The van der Waals surface area contributed by atoms with Crippen molar-refractivity contribution in [1.29, 1.82) is 0 Å². The monoisotopic (exact) mass is 254 g/mol. The Kier molecular flexibility index (Phi) is 4.17. The van der Waals surface area contributed by atoms with E-state index >= 15 is 0 Å². The van der Waals surface area contributed by atoms with Crippen LogP contribution >= 0.6 is 11.3 Å². The number of aromatic nitrogens is 1. The van der Waals surface area contributed by atoms with Gasteiger partial charge in [0.2, 0.25) is 0 Å². The van der Waals surface area contributed by atoms with E-state index in [-0.39, 0.29) is 6.04 Å². The minimum Gasteiger partial charge on any atom is -0.389 e. The first-order valence-corrected chi connectivity index (χ1v) is 7.35. The second-order valence-electron chi connectivity index (χ2n) is 5.05. The van der Waals surface area contributed by atoms with E-state index < -0.39 is 5.60 Å². The van der Waals surface area contributed by atoms with Gasteiger partial charge in [0.1, 0.15) is 5.01 Å². The van der Waals surface area contributed by atoms with Crippen molar-refractivity contribution in [3.63, 3.8) is 0 Å². The molecule has 1 aromatic rings. The Hall–Kier alpha value is -0.450. The molecule has 0 spiro atoms. The maximum atomic E-state index is 10.3. The number of hydrogen-bond donors (Lipinski definition) is 2. The summed E-state index contributed by atoms with van der Waals surface area (Å²) in [6, 6.07) is 0.241. The lowest BCUT2D eigenvalue weighted by atomic mass is 10.0. The molecule has 1 atom stereocenters. The number of rotatable bonds is 5. The lowest BCUT2D eigenvalue weighted by Gasteiger charge is -2.24. The zero-order valence-electron chi connectivity index (χ0n) is 10.7. The summed E-state index contributed by atoms with van der Waals surface area (Å²) in [5, 5.41) is 14.8. The molecule has 0 aromatic carbocycles. The van der Waals surface area contributed by atoms with Gasteiger partial charge in [0.05, 0.1) is 11.6 Å². The van der Waals surface area contributed by atoms with Gasteiger partial charge in [0.25, 0.3) is 0 Å². The lowest BCUT2D eigenvalue weighted by Crippen LogP contribution is -2.38. The molecule has 1 aliphatic carbocycles. The van der Waals surface area contributed by atoms with E-state index in [2.05, 4.69) is 24.1 Å². The predicted octanol–water partition coefficient (Wildman–Crippen LogP) is 2.66. The fourth-order valence-electron chi connectivity index (χ4n) is 2.33. The summed E-state index contributed by atoms with van der Waals surface area (Å²) < 4.78 is 0. The summed E-state index contributed by atoms with van der Waals surface area (Å²) in [6.45, 7) is 4.96. The van der Waals surface area contributed by atoms with Crippen molar-refractivity contribution in [2.75, 3.05) is 6.54 Å². The fourth-order valence-corrected chi connectivity index (χ4v) is 3.21. The molecule has 2 rings (SSSR count). The molecule has 17 heavy (non-hydrogen) atoms. The minimum absolute atomic E-state index is 0.241. The second kappa shape index (κ2) is 5.46. The topological polar surface area (TPSA) is 45.2 Å². The van der Waals surface area contributed by atoms with Crippen molar-refractivity contribution in [1.82, 2.24) is 10.3 Å². The third kappa shape index (κ3) is 3.27. The van der Waals surface area contributed by atoms with Crippen molar-refractivity contribution in [3.8, 4) is 0 Å². The van der Waals surface area contributed by atoms with E-state index in [4.69, 9.17) is 0 Å². The number of aliphatic hydroxyl groups is 1. The smallest absolute Gasteiger partial charge is 0.109 e. The van der Waals surface area contributed by atoms with E-state index in [1.807, 2.05) is 6.20 Å². The Morgan fingerprint density at radius 2 is 2.24 bits per heavy atom. The van der Waals surface area contributed by atoms with Crippen LogP contribution in [0.4, 0.5) is 0 Å². The van der Waals surface area contributed by atoms with E-state index in [1.54, 1.807) is 11.3 Å². The Morgan fingerprint density at radius 3 is 2.82 bits per heavy atom. The summed E-state index contributed by atoms with van der Waals surface area (Å²) in [5.74, 6) is 0. The third-order valence-electron chi connectivity index (χ3n) is 3.56. The van der Waals surface area contributed by atoms with Gasteiger partial charge in [-0.3, -0.25) is 0 Å². The van der Waals surface area contributed by atoms with Crippen LogP contribution in [0.1, 0.15) is 55.5 Å². The van der Waals surface area contributed by atoms with Crippen LogP contribution in [-0.4, -0.2) is 22.2 Å². The molecule has 0 amide bonds. The molecule has 1 heterocycles. The highest BCUT2D eigenvalue weighted by Gasteiger charge is 2.31. The molecule has 96 valence electrons. The van der Waals surface area contributed by atoms with Crippen molar-refractivity contribution in [2.45, 2.75) is 57.6 Å². The molecule has 0 aliphatic heterocycles. The van der Waals surface area contributed by atoms with E-state index in [1.165, 1.54) is 4.88 Å². The molecule has 1 aromatic heterocycles. The van der Waals surface area contributed by atoms with Crippen LogP contribution < -0.4 is 5.32 Å². The first-order chi connectivity index (χ1) is 8.13. The van der Waals surface area contributed by atoms with Crippen molar-refractivity contribution < 1.29 is 5.11 Å². The Bertz CT molecular complexity index is 358. The molecule has 1 unspecified atom stereocenters. The SMILES string of the molecule is CCc1cnc(C(C)NCC2(O)CCCC2)s1. The van der Waals surface area contributed by atoms with Gasteiger partial charge in [0, 0.05) is 17.6 Å². The summed E-state index contributed by atoms with van der Waals surface area (Å²) in [5.41, 5.74) is -0.473. The largest absolute Gasteiger partial charge is 0.389 e. The predicted molar refractivity (Wildman–Crippen MR) is 71.3 cm³/mol. The third-order valence-corrected chi connectivity index (χ3v) is 4.89. The second-order valence-corrected chi connectivity index (χ2v) is 6.20. The van der Waals surface area contributed by atoms with Crippen LogP contribution in [0.25, 0.3) is 0 Å². The molecule has 3 nitrogen and oxygen atoms in total. The first kappa shape index (κ1) is 13.0. The molecule has 1 saturated carbocycles. The van der Waals surface area contributed by atoms with E-state index in [0.717, 1.165) is 37.1 Å². The molecule has 4 heteroatoms. The van der Waals surface area contributed by atoms with Gasteiger partial charge in [-0.2, -0.15) is 0 Å². The van der Waals surface area contributed by atoms with E-state index in [9.17, 15) is 5.11 Å². The average molecular weight is 254 g/mol. The first-order valence-electron chi connectivity index (χ1n) is 6.53. The van der Waals surface area contributed by atoms with E-state index in [0.29, 0.717) is 6.54 Å². The molecule has 0 bridgehead atoms. The van der Waals surface area contributed by atoms with Crippen molar-refractivity contribution in [3.05, 3.63) is 16.1 Å². The highest BCUT2D eigenvalue weighted by Crippen LogP contribution is 2.29. The molecule has 0 radical (unpaired) electrons. The Labute approximate surface area is 107 Å². The molecule has 0 saturated heterocycles. The summed E-state index contributed by atoms with van der Waals surface area (Å²) in [4.78, 5) is 5.76. The highest BCUT2D eigenvalue weighted by atomic mass is 32.1. The maximum absolute atomic E-state index is 10.3. The fraction of sp³-hybridized carbons (Fsp3) is 0.769. The zero-order chi connectivity index (χ0) is 12.3. The standard InChI is InChI=1S/C13H22N2OS/c1-3-11-8-14-12(17-11)10(2)15-9-13(16)6-4-5-7-13/h8,10,15-16H,3-7,9H2,1-2H3. The van der Waals surface area contributed by atoms with Gasteiger partial charge >= 0.3 is 0 Å². The number of nitrogens with zero attached hydrogens (tertiary/aromatic N) is 1. The normalized spacial score (nSPS) is 20.6. The molecular weight excluding hydrogens is 232 g/mol. The molecule has 2 N–H and O–H groups in total. The van der Waals surface area contributed by atoms with Crippen molar-refractivity contribution in [2.24, 2.45) is 0 Å². The van der Waals surface area contributed by atoms with Crippen LogP contribution in [0.3, 0.4) is 0 Å². The highest BCUT2D eigenvalue weighted by molar-refractivity contribution is 7.11. The Balaban J connectivity index is 1.86. The number of nitrogens with one attached hydrogen (secondary N) is 1. The zero-order valence-corrected chi connectivity index (χ0v) is 11.5. The average Bonchev–Trinajstić information content (AvgIpc) is 2.95. The molecule has 1 aliphatic rings. The van der Waals surface area contributed by atoms with Gasteiger partial charge < -0.3 is 10.4 Å². The van der Waals surface area contributed by atoms with Gasteiger partial charge in [-0.25, -0.2) is 4.98 Å². The summed E-state index contributed by atoms with van der Waals surface area (Å²) in [7, 11) is 0. The quantitative estimate of drug-likeness (QED) is 0.849. The lowest BCUT2D eigenvalue weighted by molar-refractivity contribution is 0.0453. The van der Waals surface area contributed by atoms with Gasteiger partial charge in [-0.1, -0.05) is 19.8 Å². The maximum Gasteiger partial charge on any atom is 0.109 e. The van der Waals surface area contributed by atoms with Gasteiger partial charge in [-0.15, -0.1) is 11.3 Å². The molecule has 1 fully saturated rings. The van der Waals surface area contributed by atoms with Crippen LogP contribution in [-0.2, 0) is 6.42 Å². The molecular formula is C13H22N2OS. The number of thiazole rings is 1. The van der Waals surface area contributed by atoms with Crippen molar-refractivity contribution >= 4 is 11.3 Å². The number of hydrogen-bond acceptors (Lipinski definition) is 4. The van der Waals surface area contributed by atoms with Gasteiger partial charge in [-0.05, 0) is 26.2 Å². The van der Waals surface area contributed by atoms with Crippen LogP contribution in [0, 0.1) is 0 Å². The number of aryl methyl sites for hydroxylation is 1. The summed E-state index contributed by atoms with van der Waals surface area (Å²) >= 11 is 1.77. The van der Waals surface area contributed by atoms with Crippen LogP contribution in [0.2, 0.25) is 0 Å². The van der Waals surface area contributed by atoms with Gasteiger partial charge in [0.15, 0.2) is 0 Å².